The summed E-state index contributed by atoms with van der Waals surface area (Å²) >= 11 is 0. The second-order valence-electron chi connectivity index (χ2n) is 12.3. The lowest BCUT2D eigenvalue weighted by Crippen LogP contribution is -2.47. The first kappa shape index (κ1) is 34.0. The Morgan fingerprint density at radius 3 is 2.22 bits per heavy atom. The van der Waals surface area contributed by atoms with Crippen molar-refractivity contribution in [1.82, 2.24) is 20.4 Å². The smallest absolute Gasteiger partial charge is 0.408 e. The Morgan fingerprint density at radius 2 is 1.59 bits per heavy atom. The molecule has 4 rings (SSSR count). The number of alkyl carbamates (subject to hydrolysis) is 1. The van der Waals surface area contributed by atoms with Crippen molar-refractivity contribution >= 4 is 18.0 Å². The number of benzene rings is 2. The molecule has 0 spiro atoms. The lowest BCUT2D eigenvalue weighted by molar-refractivity contribution is 0.0442. The summed E-state index contributed by atoms with van der Waals surface area (Å²) in [6.07, 6.45) is 2.66. The Kier molecular flexibility index (Phi) is 10.7. The molecule has 2 amide bonds. The minimum Gasteiger partial charge on any atom is -0.465 e. The highest BCUT2D eigenvalue weighted by atomic mass is 16.6. The van der Waals surface area contributed by atoms with Gasteiger partial charge in [0.1, 0.15) is 22.5 Å². The van der Waals surface area contributed by atoms with Crippen molar-refractivity contribution in [1.29, 1.82) is 0 Å². The summed E-state index contributed by atoms with van der Waals surface area (Å²) in [7, 11) is 1.29. The number of ether oxygens (including phenoxy) is 2. The molecule has 0 saturated heterocycles. The fourth-order valence-electron chi connectivity index (χ4n) is 5.12. The number of carbonyl (C=O) groups is 3. The third kappa shape index (κ3) is 8.21. The lowest BCUT2D eigenvalue weighted by Gasteiger charge is -2.29. The molecule has 0 aliphatic carbocycles. The Balaban J connectivity index is 1.82. The van der Waals surface area contributed by atoms with Gasteiger partial charge in [-0.1, -0.05) is 44.2 Å². The average Bonchev–Trinajstić information content (AvgIpc) is 3.71. The molecule has 0 aliphatic heterocycles. The normalized spacial score (nSPS) is 12.7. The van der Waals surface area contributed by atoms with E-state index in [1.165, 1.54) is 19.4 Å². The van der Waals surface area contributed by atoms with Gasteiger partial charge in [-0.3, -0.25) is 4.79 Å². The molecule has 11 nitrogen and oxygen atoms in total. The number of hydrogen-bond donors (Lipinski definition) is 1. The summed E-state index contributed by atoms with van der Waals surface area (Å²) in [5, 5.41) is 11.6. The minimum atomic E-state index is -1.15. The van der Waals surface area contributed by atoms with Gasteiger partial charge in [0.05, 0.1) is 13.4 Å². The van der Waals surface area contributed by atoms with Crippen molar-refractivity contribution in [2.45, 2.75) is 71.9 Å². The van der Waals surface area contributed by atoms with Gasteiger partial charge in [-0.2, -0.15) is 0 Å². The molecule has 2 aromatic carbocycles. The molecule has 0 fully saturated rings. The summed E-state index contributed by atoms with van der Waals surface area (Å²) in [6, 6.07) is 16.2. The van der Waals surface area contributed by atoms with Crippen LogP contribution in [0, 0.1) is 0 Å². The monoisotopic (exact) mass is 630 g/mol. The van der Waals surface area contributed by atoms with Crippen LogP contribution in [0.1, 0.15) is 86.6 Å². The summed E-state index contributed by atoms with van der Waals surface area (Å²) in [4.78, 5) is 41.1. The highest BCUT2D eigenvalue weighted by molar-refractivity contribution is 5.99. The first-order chi connectivity index (χ1) is 21.9. The Labute approximate surface area is 269 Å². The molecule has 244 valence electrons. The Morgan fingerprint density at radius 1 is 0.913 bits per heavy atom. The van der Waals surface area contributed by atoms with Crippen molar-refractivity contribution in [3.8, 4) is 22.8 Å². The SMILES string of the molecule is CCCN(CCC)C(=O)c1cc(-c2nnc([C@@](C)(Cc3ccccc3)NC(=O)OC(C)(C)C)o2)cc(-c2occc2C(=O)OC)c1. The van der Waals surface area contributed by atoms with E-state index in [1.54, 1.807) is 50.8 Å². The van der Waals surface area contributed by atoms with Crippen LogP contribution in [-0.4, -0.2) is 58.9 Å². The molecule has 46 heavy (non-hydrogen) atoms. The number of methoxy groups -OCH3 is 1. The van der Waals surface area contributed by atoms with Gasteiger partial charge < -0.3 is 28.5 Å². The van der Waals surface area contributed by atoms with E-state index in [4.69, 9.17) is 18.3 Å². The second kappa shape index (κ2) is 14.4. The van der Waals surface area contributed by atoms with Crippen LogP contribution in [0.4, 0.5) is 4.79 Å². The quantitative estimate of drug-likeness (QED) is 0.164. The third-order valence-electron chi connectivity index (χ3n) is 7.11. The maximum atomic E-state index is 13.8. The topological polar surface area (TPSA) is 137 Å². The van der Waals surface area contributed by atoms with Crippen LogP contribution >= 0.6 is 0 Å². The second-order valence-corrected chi connectivity index (χ2v) is 12.3. The molecule has 0 unspecified atom stereocenters. The van der Waals surface area contributed by atoms with Gasteiger partial charge in [-0.05, 0) is 70.4 Å². The van der Waals surface area contributed by atoms with E-state index in [0.29, 0.717) is 36.2 Å². The average molecular weight is 631 g/mol. The molecule has 0 radical (unpaired) electrons. The Bertz CT molecular complexity index is 1650. The first-order valence-corrected chi connectivity index (χ1v) is 15.4. The number of hydrogen-bond acceptors (Lipinski definition) is 9. The van der Waals surface area contributed by atoms with Crippen LogP contribution in [0.15, 0.2) is 69.7 Å². The summed E-state index contributed by atoms with van der Waals surface area (Å²) < 4.78 is 22.5. The fourth-order valence-corrected chi connectivity index (χ4v) is 5.12. The molecular weight excluding hydrogens is 588 g/mol. The predicted molar refractivity (Wildman–Crippen MR) is 172 cm³/mol. The fraction of sp³-hybridized carbons (Fsp3) is 0.400. The molecule has 4 aromatic rings. The van der Waals surface area contributed by atoms with E-state index >= 15 is 0 Å². The van der Waals surface area contributed by atoms with E-state index < -0.39 is 23.2 Å². The van der Waals surface area contributed by atoms with Crippen LogP contribution < -0.4 is 5.32 Å². The van der Waals surface area contributed by atoms with E-state index in [0.717, 1.165) is 18.4 Å². The van der Waals surface area contributed by atoms with Gasteiger partial charge >= 0.3 is 12.1 Å². The van der Waals surface area contributed by atoms with E-state index in [-0.39, 0.29) is 29.0 Å². The van der Waals surface area contributed by atoms with Crippen LogP contribution in [-0.2, 0) is 21.4 Å². The van der Waals surface area contributed by atoms with Gasteiger partial charge in [0.2, 0.25) is 11.8 Å². The largest absolute Gasteiger partial charge is 0.465 e. The zero-order chi connectivity index (χ0) is 33.5. The first-order valence-electron chi connectivity index (χ1n) is 15.4. The number of aromatic nitrogens is 2. The van der Waals surface area contributed by atoms with Crippen molar-refractivity contribution in [2.75, 3.05) is 20.2 Å². The third-order valence-corrected chi connectivity index (χ3v) is 7.11. The highest BCUT2D eigenvalue weighted by Gasteiger charge is 2.37. The number of amides is 2. The molecule has 1 atom stereocenters. The molecule has 2 heterocycles. The molecule has 1 N–H and O–H groups in total. The Hall–Kier alpha value is -4.93. The zero-order valence-corrected chi connectivity index (χ0v) is 27.5. The van der Waals surface area contributed by atoms with Crippen molar-refractivity contribution in [3.63, 3.8) is 0 Å². The lowest BCUT2D eigenvalue weighted by atomic mass is 9.92. The van der Waals surface area contributed by atoms with Gasteiger partial charge in [0.15, 0.2) is 0 Å². The van der Waals surface area contributed by atoms with Crippen molar-refractivity contribution in [2.24, 2.45) is 0 Å². The molecule has 0 aliphatic rings. The van der Waals surface area contributed by atoms with Crippen molar-refractivity contribution < 1.29 is 32.7 Å². The van der Waals surface area contributed by atoms with Gasteiger partial charge in [-0.25, -0.2) is 9.59 Å². The minimum absolute atomic E-state index is 0.111. The number of furan rings is 1. The molecule has 11 heteroatoms. The molecule has 0 bridgehead atoms. The van der Waals surface area contributed by atoms with Crippen LogP contribution in [0.3, 0.4) is 0 Å². The summed E-state index contributed by atoms with van der Waals surface area (Å²) in [5.74, 6) is -0.272. The van der Waals surface area contributed by atoms with Gasteiger partial charge in [0.25, 0.3) is 5.91 Å². The van der Waals surface area contributed by atoms with Gasteiger partial charge in [-0.15, -0.1) is 10.2 Å². The van der Waals surface area contributed by atoms with Crippen LogP contribution in [0.5, 0.6) is 0 Å². The highest BCUT2D eigenvalue weighted by Crippen LogP contribution is 2.33. The number of esters is 1. The van der Waals surface area contributed by atoms with Crippen LogP contribution in [0.25, 0.3) is 22.8 Å². The van der Waals surface area contributed by atoms with E-state index in [1.807, 2.05) is 44.2 Å². The molecular formula is C35H42N4O7. The molecule has 0 saturated carbocycles. The maximum Gasteiger partial charge on any atom is 0.408 e. The predicted octanol–water partition coefficient (Wildman–Crippen LogP) is 7.03. The number of rotatable bonds is 12. The number of carbonyl (C=O) groups excluding carboxylic acids is 3. The summed E-state index contributed by atoms with van der Waals surface area (Å²) in [5.41, 5.74) is 0.510. The number of nitrogens with zero attached hydrogens (tertiary/aromatic N) is 3. The molecule has 2 aromatic heterocycles. The van der Waals surface area contributed by atoms with E-state index in [9.17, 15) is 14.4 Å². The van der Waals surface area contributed by atoms with Crippen molar-refractivity contribution in [3.05, 3.63) is 83.4 Å². The maximum absolute atomic E-state index is 13.8. The van der Waals surface area contributed by atoms with Gasteiger partial charge in [0, 0.05) is 36.2 Å². The standard InChI is InChI=1S/C35H42N4O7/c1-8-16-39(17-9-2)30(40)26-20-24(28-27(15-18-44-28)31(41)43-7)19-25(21-26)29-37-38-32(45-29)35(6,22-23-13-11-10-12-14-23)36-33(42)46-34(3,4)5/h10-15,18-21H,8-9,16-17,22H2,1-7H3,(H,36,42)/t35-/m1/s1. The summed E-state index contributed by atoms with van der Waals surface area (Å²) in [6.45, 7) is 12.3. The zero-order valence-electron chi connectivity index (χ0n) is 27.5. The van der Waals surface area contributed by atoms with E-state index in [2.05, 4.69) is 15.5 Å². The van der Waals surface area contributed by atoms with Crippen LogP contribution in [0.2, 0.25) is 0 Å². The number of nitrogens with one attached hydrogen (secondary N) is 1.